The molecule has 0 aromatic heterocycles. The SMILES string of the molecule is [Al].[C].[Co].[Mo].[Ti].[W]. The summed E-state index contributed by atoms with van der Waals surface area (Å²) in [5.74, 6) is 0. The van der Waals surface area contributed by atoms with E-state index in [1.807, 2.05) is 0 Å². The zero-order chi connectivity index (χ0) is 0. The summed E-state index contributed by atoms with van der Waals surface area (Å²) >= 11 is 0. The first-order chi connectivity index (χ1) is 0. The second-order valence-corrected chi connectivity index (χ2v) is 0. The van der Waals surface area contributed by atoms with Crippen LogP contribution in [0.15, 0.2) is 0 Å². The molecule has 0 heterocycles. The average molecular weight is 426 g/mol. The summed E-state index contributed by atoms with van der Waals surface area (Å²) in [7, 11) is 0. The molecule has 6 heavy (non-hydrogen) atoms. The molecule has 0 rings (SSSR count). The van der Waals surface area contributed by atoms with Gasteiger partial charge in [-0.05, 0) is 0 Å². The zero-order valence-corrected chi connectivity index (χ0v) is 11.4. The number of hydrogen-bond acceptors (Lipinski definition) is 0. The second-order valence-electron chi connectivity index (χ2n) is 0. The van der Waals surface area contributed by atoms with Crippen LogP contribution in [0.25, 0.3) is 0 Å². The second kappa shape index (κ2) is 42.2. The average Bonchev–Trinajstić information content (AvgIpc) is 0. The fraction of sp³-hybridized carbons (Fsp3) is 0. The van der Waals surface area contributed by atoms with Crippen molar-refractivity contribution in [3.63, 3.8) is 0 Å². The minimum Gasteiger partial charge on any atom is 0 e. The van der Waals surface area contributed by atoms with E-state index in [0.29, 0.717) is 0 Å². The number of rotatable bonds is 0. The molecule has 0 amide bonds. The van der Waals surface area contributed by atoms with Gasteiger partial charge in [-0.3, -0.25) is 0 Å². The van der Waals surface area contributed by atoms with Gasteiger partial charge >= 0.3 is 0 Å². The van der Waals surface area contributed by atoms with Gasteiger partial charge in [0.05, 0.1) is 0 Å². The van der Waals surface area contributed by atoms with Gasteiger partial charge < -0.3 is 0 Å². The Hall–Kier alpha value is 3.13. The Morgan fingerprint density at radius 1 is 1.00 bits per heavy atom. The van der Waals surface area contributed by atoms with Crippen LogP contribution >= 0.6 is 0 Å². The third-order valence-corrected chi connectivity index (χ3v) is 0. The van der Waals surface area contributed by atoms with Crippen LogP contribution in [0.4, 0.5) is 0 Å². The molecule has 0 atom stereocenters. The molecule has 0 aliphatic heterocycles. The minimum absolute atomic E-state index is 0. The van der Waals surface area contributed by atoms with Crippen molar-refractivity contribution in [1.29, 1.82) is 0 Å². The molecule has 8 radical (unpaired) electrons. The predicted molar refractivity (Wildman–Crippen MR) is 9.00 cm³/mol. The van der Waals surface area contributed by atoms with Crippen molar-refractivity contribution in [2.24, 2.45) is 0 Å². The van der Waals surface area contributed by atoms with Crippen LogP contribution in [-0.2, 0) is 80.6 Å². The van der Waals surface area contributed by atoms with E-state index >= 15 is 0 Å². The van der Waals surface area contributed by atoms with Crippen LogP contribution in [0.5, 0.6) is 0 Å². The Labute approximate surface area is 104 Å². The Bertz CT molecular complexity index is 15.5. The van der Waals surface area contributed by atoms with E-state index in [9.17, 15) is 0 Å². The van der Waals surface area contributed by atoms with Crippen LogP contribution in [0, 0.1) is 7.43 Å². The van der Waals surface area contributed by atoms with E-state index < -0.39 is 0 Å². The first-order valence-corrected chi connectivity index (χ1v) is 0. The fourth-order valence-electron chi connectivity index (χ4n) is 0. The quantitative estimate of drug-likeness (QED) is 0.467. The van der Waals surface area contributed by atoms with Gasteiger partial charge in [-0.1, -0.05) is 0 Å². The van der Waals surface area contributed by atoms with Crippen molar-refractivity contribution in [1.82, 2.24) is 0 Å². The molecular weight excluding hydrogens is 426 g/mol. The summed E-state index contributed by atoms with van der Waals surface area (Å²) in [5, 5.41) is 0. The first-order valence-electron chi connectivity index (χ1n) is 0. The van der Waals surface area contributed by atoms with Crippen LogP contribution < -0.4 is 0 Å². The van der Waals surface area contributed by atoms with Crippen LogP contribution in [0.1, 0.15) is 0 Å². The molecule has 0 aliphatic carbocycles. The largest absolute Gasteiger partial charge is 0 e. The molecular formula is CAlCoMoTiW. The van der Waals surface area contributed by atoms with E-state index in [-0.39, 0.29) is 105 Å². The van der Waals surface area contributed by atoms with Gasteiger partial charge in [-0.15, -0.1) is 0 Å². The van der Waals surface area contributed by atoms with Crippen molar-refractivity contribution in [2.45, 2.75) is 0 Å². The molecule has 0 spiro atoms. The maximum absolute atomic E-state index is 0. The topological polar surface area (TPSA) is 0 Å². The first kappa shape index (κ1) is 61.6. The Balaban J connectivity index is 0. The van der Waals surface area contributed by atoms with Gasteiger partial charge in [0.1, 0.15) is 0 Å². The van der Waals surface area contributed by atoms with E-state index in [1.165, 1.54) is 0 Å². The molecule has 0 saturated heterocycles. The van der Waals surface area contributed by atoms with Gasteiger partial charge in [0.2, 0.25) is 0 Å². The van der Waals surface area contributed by atoms with Crippen molar-refractivity contribution in [2.75, 3.05) is 0 Å². The third kappa shape index (κ3) is 27.3. The molecule has 0 unspecified atom stereocenters. The van der Waals surface area contributed by atoms with Gasteiger partial charge in [0, 0.05) is 105 Å². The van der Waals surface area contributed by atoms with Crippen molar-refractivity contribution in [3.8, 4) is 0 Å². The molecule has 0 aromatic carbocycles. The zero-order valence-electron chi connectivity index (χ0n) is 2.73. The monoisotopic (exact) mass is 428 g/mol. The molecule has 0 saturated carbocycles. The van der Waals surface area contributed by atoms with E-state index in [0.717, 1.165) is 0 Å². The van der Waals surface area contributed by atoms with Crippen molar-refractivity contribution in [3.05, 3.63) is 7.43 Å². The molecule has 0 fully saturated rings. The van der Waals surface area contributed by atoms with Gasteiger partial charge in [0.15, 0.2) is 0 Å². The predicted octanol–water partition coefficient (Wildman–Crippen LogP) is -0.310. The summed E-state index contributed by atoms with van der Waals surface area (Å²) in [6.45, 7) is 0. The van der Waals surface area contributed by atoms with Gasteiger partial charge in [-0.25, -0.2) is 0 Å². The van der Waals surface area contributed by atoms with Crippen LogP contribution in [-0.4, -0.2) is 17.4 Å². The molecule has 0 nitrogen and oxygen atoms in total. The standard InChI is InChI=1S/C.Al.Co.Mo.Ti.W. The van der Waals surface area contributed by atoms with Crippen molar-refractivity contribution < 1.29 is 80.6 Å². The van der Waals surface area contributed by atoms with E-state index in [1.54, 1.807) is 0 Å². The molecule has 0 aliphatic rings. The molecule has 0 aromatic rings. The van der Waals surface area contributed by atoms with Crippen molar-refractivity contribution >= 4 is 17.4 Å². The molecule has 0 N–H and O–H groups in total. The molecule has 32 valence electrons. The summed E-state index contributed by atoms with van der Waals surface area (Å²) in [5.41, 5.74) is 0. The molecule has 5 heteroatoms. The Morgan fingerprint density at radius 3 is 1.00 bits per heavy atom. The minimum atomic E-state index is 0. The Kier molecular flexibility index (Phi) is 433. The van der Waals surface area contributed by atoms with Crippen LogP contribution in [0.3, 0.4) is 0 Å². The summed E-state index contributed by atoms with van der Waals surface area (Å²) in [6, 6.07) is 0. The summed E-state index contributed by atoms with van der Waals surface area (Å²) in [6.07, 6.45) is 0. The maximum Gasteiger partial charge on any atom is 0 e. The number of hydrogen-bond donors (Lipinski definition) is 0. The third-order valence-electron chi connectivity index (χ3n) is 0. The smallest absolute Gasteiger partial charge is 0 e. The van der Waals surface area contributed by atoms with Gasteiger partial charge in [-0.2, -0.15) is 0 Å². The Morgan fingerprint density at radius 2 is 1.00 bits per heavy atom. The summed E-state index contributed by atoms with van der Waals surface area (Å²) in [4.78, 5) is 0. The van der Waals surface area contributed by atoms with E-state index in [2.05, 4.69) is 0 Å². The molecule has 0 bridgehead atoms. The maximum atomic E-state index is 0. The fourth-order valence-corrected chi connectivity index (χ4v) is 0. The summed E-state index contributed by atoms with van der Waals surface area (Å²) < 4.78 is 0. The normalized spacial score (nSPS) is 0. The van der Waals surface area contributed by atoms with Crippen LogP contribution in [0.2, 0.25) is 0 Å². The van der Waals surface area contributed by atoms with E-state index in [4.69, 9.17) is 0 Å². The van der Waals surface area contributed by atoms with Gasteiger partial charge in [0.25, 0.3) is 0 Å².